The molecular formula is C9H9N3O2. The molecule has 0 radical (unpaired) electrons. The lowest BCUT2D eigenvalue weighted by molar-refractivity contribution is -0.384. The lowest BCUT2D eigenvalue weighted by Gasteiger charge is -2.03. The number of rotatable bonds is 2. The van der Waals surface area contributed by atoms with Crippen LogP contribution in [-0.4, -0.2) is 4.92 Å². The smallest absolute Gasteiger partial charge is 0.292 e. The summed E-state index contributed by atoms with van der Waals surface area (Å²) in [5.41, 5.74) is 5.98. The van der Waals surface area contributed by atoms with Crippen LogP contribution in [0.1, 0.15) is 18.4 Å². The van der Waals surface area contributed by atoms with Gasteiger partial charge in [0.2, 0.25) is 0 Å². The van der Waals surface area contributed by atoms with Crippen molar-refractivity contribution in [1.82, 2.24) is 0 Å². The molecule has 0 saturated heterocycles. The number of nitrogen functional groups attached to an aromatic ring is 1. The van der Waals surface area contributed by atoms with Crippen molar-refractivity contribution in [2.75, 3.05) is 5.73 Å². The molecule has 1 atom stereocenters. The Labute approximate surface area is 80.9 Å². The summed E-state index contributed by atoms with van der Waals surface area (Å²) in [5.74, 6) is -0.366. The first-order chi connectivity index (χ1) is 6.56. The second-order valence-electron chi connectivity index (χ2n) is 2.93. The average Bonchev–Trinajstić information content (AvgIpc) is 2.17. The van der Waals surface area contributed by atoms with E-state index in [4.69, 9.17) is 11.0 Å². The Morgan fingerprint density at radius 1 is 1.64 bits per heavy atom. The van der Waals surface area contributed by atoms with Crippen LogP contribution in [0.2, 0.25) is 0 Å². The van der Waals surface area contributed by atoms with Crippen LogP contribution in [0.4, 0.5) is 11.4 Å². The van der Waals surface area contributed by atoms with Gasteiger partial charge in [0.15, 0.2) is 0 Å². The van der Waals surface area contributed by atoms with E-state index in [9.17, 15) is 10.1 Å². The highest BCUT2D eigenvalue weighted by atomic mass is 16.6. The van der Waals surface area contributed by atoms with Gasteiger partial charge >= 0.3 is 0 Å². The number of nitro groups is 1. The van der Waals surface area contributed by atoms with Crippen LogP contribution in [0.25, 0.3) is 0 Å². The summed E-state index contributed by atoms with van der Waals surface area (Å²) in [6.07, 6.45) is 0. The van der Waals surface area contributed by atoms with Crippen LogP contribution in [0, 0.1) is 21.4 Å². The number of nitrogens with two attached hydrogens (primary N) is 1. The van der Waals surface area contributed by atoms with Crippen LogP contribution < -0.4 is 5.73 Å². The lowest BCUT2D eigenvalue weighted by Crippen LogP contribution is -1.98. The van der Waals surface area contributed by atoms with Crippen molar-refractivity contribution in [3.05, 3.63) is 33.9 Å². The van der Waals surface area contributed by atoms with Crippen LogP contribution in [0.5, 0.6) is 0 Å². The molecule has 0 aliphatic rings. The number of nitro benzene ring substituents is 1. The molecule has 0 amide bonds. The summed E-state index contributed by atoms with van der Waals surface area (Å²) in [4.78, 5) is 9.97. The van der Waals surface area contributed by atoms with Crippen molar-refractivity contribution in [3.63, 3.8) is 0 Å². The normalized spacial score (nSPS) is 11.7. The zero-order chi connectivity index (χ0) is 10.7. The van der Waals surface area contributed by atoms with E-state index in [2.05, 4.69) is 0 Å². The van der Waals surface area contributed by atoms with Crippen LogP contribution >= 0.6 is 0 Å². The summed E-state index contributed by atoms with van der Waals surface area (Å²) in [5, 5.41) is 19.2. The molecule has 1 aromatic rings. The minimum absolute atomic E-state index is 0.115. The Morgan fingerprint density at radius 3 is 2.79 bits per heavy atom. The van der Waals surface area contributed by atoms with Crippen LogP contribution in [0.3, 0.4) is 0 Å². The fourth-order valence-electron chi connectivity index (χ4n) is 1.06. The number of nitriles is 1. The number of hydrogen-bond donors (Lipinski definition) is 1. The number of hydrogen-bond acceptors (Lipinski definition) is 4. The van der Waals surface area contributed by atoms with Crippen LogP contribution in [0.15, 0.2) is 18.2 Å². The van der Waals surface area contributed by atoms with Gasteiger partial charge in [-0.1, -0.05) is 6.07 Å². The van der Waals surface area contributed by atoms with Crippen molar-refractivity contribution in [2.45, 2.75) is 12.8 Å². The van der Waals surface area contributed by atoms with Gasteiger partial charge in [-0.3, -0.25) is 10.1 Å². The summed E-state index contributed by atoms with van der Waals surface area (Å²) < 4.78 is 0. The first kappa shape index (κ1) is 9.99. The molecule has 14 heavy (non-hydrogen) atoms. The number of nitrogens with zero attached hydrogens (tertiary/aromatic N) is 2. The molecule has 0 aliphatic heterocycles. The standard InChI is InChI=1S/C9H9N3O2/c1-6(5-10)7-2-3-8(11)9(4-7)12(13)14/h2-4,6H,11H2,1H3. The Bertz CT molecular complexity index is 409. The maximum absolute atomic E-state index is 10.5. The molecule has 0 fully saturated rings. The maximum Gasteiger partial charge on any atom is 0.292 e. The van der Waals surface area contributed by atoms with E-state index in [1.54, 1.807) is 13.0 Å². The summed E-state index contributed by atoms with van der Waals surface area (Å²) >= 11 is 0. The van der Waals surface area contributed by atoms with E-state index in [-0.39, 0.29) is 17.3 Å². The van der Waals surface area contributed by atoms with Gasteiger partial charge in [-0.05, 0) is 18.6 Å². The lowest BCUT2D eigenvalue weighted by atomic mass is 10.0. The SMILES string of the molecule is CC(C#N)c1ccc(N)c([N+](=O)[O-])c1. The molecule has 5 nitrogen and oxygen atoms in total. The zero-order valence-corrected chi connectivity index (χ0v) is 7.60. The molecular weight excluding hydrogens is 182 g/mol. The van der Waals surface area contributed by atoms with Crippen molar-refractivity contribution in [2.24, 2.45) is 0 Å². The molecule has 2 N–H and O–H groups in total. The molecule has 0 heterocycles. The average molecular weight is 191 g/mol. The number of anilines is 1. The summed E-state index contributed by atoms with van der Waals surface area (Å²) in [6, 6.07) is 6.41. The van der Waals surface area contributed by atoms with Gasteiger partial charge in [0.25, 0.3) is 5.69 Å². The first-order valence-corrected chi connectivity index (χ1v) is 3.99. The fraction of sp³-hybridized carbons (Fsp3) is 0.222. The number of benzene rings is 1. The van der Waals surface area contributed by atoms with Gasteiger partial charge in [0.1, 0.15) is 5.69 Å². The van der Waals surface area contributed by atoms with E-state index in [1.165, 1.54) is 12.1 Å². The van der Waals surface area contributed by atoms with Gasteiger partial charge in [-0.15, -0.1) is 0 Å². The third kappa shape index (κ3) is 1.80. The van der Waals surface area contributed by atoms with Gasteiger partial charge < -0.3 is 5.73 Å². The first-order valence-electron chi connectivity index (χ1n) is 3.99. The Hall–Kier alpha value is -2.09. The highest BCUT2D eigenvalue weighted by Gasteiger charge is 2.14. The predicted octanol–water partition coefficient (Wildman–Crippen LogP) is 1.80. The molecule has 1 rings (SSSR count). The molecule has 5 heteroatoms. The second-order valence-corrected chi connectivity index (χ2v) is 2.93. The summed E-state index contributed by atoms with van der Waals surface area (Å²) in [6.45, 7) is 1.68. The Balaban J connectivity index is 3.21. The third-order valence-electron chi connectivity index (χ3n) is 1.94. The molecule has 1 aromatic carbocycles. The van der Waals surface area contributed by atoms with E-state index >= 15 is 0 Å². The van der Waals surface area contributed by atoms with Crippen molar-refractivity contribution in [3.8, 4) is 6.07 Å². The van der Waals surface area contributed by atoms with Gasteiger partial charge in [-0.25, -0.2) is 0 Å². The largest absolute Gasteiger partial charge is 0.393 e. The van der Waals surface area contributed by atoms with E-state index in [1.807, 2.05) is 6.07 Å². The van der Waals surface area contributed by atoms with Gasteiger partial charge in [0, 0.05) is 6.07 Å². The maximum atomic E-state index is 10.5. The summed E-state index contributed by atoms with van der Waals surface area (Å²) in [7, 11) is 0. The monoisotopic (exact) mass is 191 g/mol. The molecule has 72 valence electrons. The zero-order valence-electron chi connectivity index (χ0n) is 7.60. The van der Waals surface area contributed by atoms with Crippen LogP contribution in [-0.2, 0) is 0 Å². The second kappa shape index (κ2) is 3.75. The van der Waals surface area contributed by atoms with E-state index < -0.39 is 4.92 Å². The highest BCUT2D eigenvalue weighted by Crippen LogP contribution is 2.25. The quantitative estimate of drug-likeness (QED) is 0.438. The minimum atomic E-state index is -0.553. The molecule has 1 unspecified atom stereocenters. The topological polar surface area (TPSA) is 93.0 Å². The van der Waals surface area contributed by atoms with Crippen molar-refractivity contribution >= 4 is 11.4 Å². The van der Waals surface area contributed by atoms with Crippen molar-refractivity contribution in [1.29, 1.82) is 5.26 Å². The molecule has 0 aromatic heterocycles. The molecule has 0 spiro atoms. The van der Waals surface area contributed by atoms with Crippen molar-refractivity contribution < 1.29 is 4.92 Å². The predicted molar refractivity (Wildman–Crippen MR) is 51.5 cm³/mol. The highest BCUT2D eigenvalue weighted by molar-refractivity contribution is 5.59. The molecule has 0 saturated carbocycles. The van der Waals surface area contributed by atoms with Gasteiger partial charge in [0.05, 0.1) is 16.9 Å². The Morgan fingerprint density at radius 2 is 2.29 bits per heavy atom. The third-order valence-corrected chi connectivity index (χ3v) is 1.94. The van der Waals surface area contributed by atoms with Gasteiger partial charge in [-0.2, -0.15) is 5.26 Å². The van der Waals surface area contributed by atoms with E-state index in [0.717, 1.165) is 0 Å². The fourth-order valence-corrected chi connectivity index (χ4v) is 1.06. The Kier molecular flexibility index (Phi) is 2.67. The molecule has 0 aliphatic carbocycles. The minimum Gasteiger partial charge on any atom is -0.393 e. The molecule has 0 bridgehead atoms. The van der Waals surface area contributed by atoms with E-state index in [0.29, 0.717) is 5.56 Å².